The van der Waals surface area contributed by atoms with E-state index in [1.54, 1.807) is 6.92 Å². The van der Waals surface area contributed by atoms with Crippen LogP contribution >= 0.6 is 15.9 Å². The minimum Gasteiger partial charge on any atom is -0.466 e. The summed E-state index contributed by atoms with van der Waals surface area (Å²) >= 11 is 3.03. The molecule has 0 saturated heterocycles. The Balaban J connectivity index is 3.13. The molecule has 0 aliphatic heterocycles. The van der Waals surface area contributed by atoms with E-state index in [2.05, 4.69) is 20.9 Å². The minimum atomic E-state index is -2.89. The van der Waals surface area contributed by atoms with Gasteiger partial charge >= 0.3 is 5.97 Å². The molecule has 0 amide bonds. The van der Waals surface area contributed by atoms with E-state index in [1.807, 2.05) is 0 Å². The van der Waals surface area contributed by atoms with Crippen LogP contribution in [0, 0.1) is 5.95 Å². The molecule has 7 heteroatoms. The predicted octanol–water partition coefficient (Wildman–Crippen LogP) is 3.16. The summed E-state index contributed by atoms with van der Waals surface area (Å²) in [5.74, 6) is -1.63. The van der Waals surface area contributed by atoms with Crippen LogP contribution in [-0.4, -0.2) is 17.6 Å². The molecular formula is C11H11BrF3NO2. The summed E-state index contributed by atoms with van der Waals surface area (Å²) in [4.78, 5) is 14.5. The molecule has 0 atom stereocenters. The first-order valence-corrected chi connectivity index (χ1v) is 6.29. The molecule has 0 unspecified atom stereocenters. The lowest BCUT2D eigenvalue weighted by molar-refractivity contribution is -0.142. The van der Waals surface area contributed by atoms with Crippen LogP contribution in [0.25, 0.3) is 0 Å². The van der Waals surface area contributed by atoms with Gasteiger partial charge in [-0.3, -0.25) is 4.79 Å². The smallest absolute Gasteiger partial charge is 0.310 e. The number of halogens is 4. The monoisotopic (exact) mass is 325 g/mol. The van der Waals surface area contributed by atoms with Crippen LogP contribution in [0.3, 0.4) is 0 Å². The second kappa shape index (κ2) is 6.72. The molecule has 0 saturated carbocycles. The van der Waals surface area contributed by atoms with E-state index >= 15 is 0 Å². The molecule has 0 radical (unpaired) electrons. The van der Waals surface area contributed by atoms with Crippen molar-refractivity contribution in [1.82, 2.24) is 4.98 Å². The second-order valence-electron chi connectivity index (χ2n) is 3.38. The lowest BCUT2D eigenvalue weighted by Gasteiger charge is -2.11. The average molecular weight is 326 g/mol. The normalized spacial score (nSPS) is 10.8. The van der Waals surface area contributed by atoms with Gasteiger partial charge in [0.1, 0.15) is 5.69 Å². The predicted molar refractivity (Wildman–Crippen MR) is 62.1 cm³/mol. The van der Waals surface area contributed by atoms with Gasteiger partial charge in [-0.15, -0.1) is 0 Å². The van der Waals surface area contributed by atoms with E-state index < -0.39 is 24.0 Å². The van der Waals surface area contributed by atoms with Crippen LogP contribution in [0.2, 0.25) is 0 Å². The van der Waals surface area contributed by atoms with Crippen molar-refractivity contribution in [2.75, 3.05) is 6.61 Å². The van der Waals surface area contributed by atoms with E-state index in [0.717, 1.165) is 6.07 Å². The molecule has 0 N–H and O–H groups in total. The van der Waals surface area contributed by atoms with E-state index in [9.17, 15) is 18.0 Å². The summed E-state index contributed by atoms with van der Waals surface area (Å²) in [6.07, 6.45) is -3.15. The number of carbonyl (C=O) groups excluding carboxylic acids is 1. The van der Waals surface area contributed by atoms with Gasteiger partial charge in [0.15, 0.2) is 0 Å². The fourth-order valence-corrected chi connectivity index (χ4v) is 2.12. The Kier molecular flexibility index (Phi) is 5.58. The van der Waals surface area contributed by atoms with Crippen LogP contribution in [0.1, 0.15) is 30.2 Å². The number of aromatic nitrogens is 1. The largest absolute Gasteiger partial charge is 0.466 e. The molecule has 0 bridgehead atoms. The van der Waals surface area contributed by atoms with Gasteiger partial charge in [0.2, 0.25) is 5.95 Å². The van der Waals surface area contributed by atoms with Gasteiger partial charge in [-0.25, -0.2) is 13.8 Å². The van der Waals surface area contributed by atoms with Gasteiger partial charge in [-0.1, -0.05) is 15.9 Å². The summed E-state index contributed by atoms with van der Waals surface area (Å²) in [5.41, 5.74) is -0.362. The molecule has 0 spiro atoms. The summed E-state index contributed by atoms with van der Waals surface area (Å²) < 4.78 is 43.2. The molecule has 1 aromatic heterocycles. The maximum atomic E-state index is 13.1. The van der Waals surface area contributed by atoms with Crippen molar-refractivity contribution in [1.29, 1.82) is 0 Å². The first kappa shape index (κ1) is 14.9. The molecule has 0 aliphatic rings. The number of ether oxygens (including phenoxy) is 1. The Bertz CT molecular complexity index is 441. The van der Waals surface area contributed by atoms with Crippen molar-refractivity contribution in [3.63, 3.8) is 0 Å². The topological polar surface area (TPSA) is 39.2 Å². The number of pyridine rings is 1. The number of hydrogen-bond acceptors (Lipinski definition) is 3. The molecular weight excluding hydrogens is 315 g/mol. The van der Waals surface area contributed by atoms with Crippen LogP contribution in [-0.2, 0) is 21.3 Å². The standard InChI is InChI=1S/C11H11BrF3NO2/c1-2-18-9(17)4-6-3-8(13)16-10(11(14)15)7(6)5-12/h3,11H,2,4-5H2,1H3. The Morgan fingerprint density at radius 1 is 1.56 bits per heavy atom. The zero-order valence-corrected chi connectivity index (χ0v) is 11.1. The molecule has 18 heavy (non-hydrogen) atoms. The molecule has 3 nitrogen and oxygen atoms in total. The SMILES string of the molecule is CCOC(=O)Cc1cc(F)nc(C(F)F)c1CBr. The Morgan fingerprint density at radius 3 is 2.72 bits per heavy atom. The highest BCUT2D eigenvalue weighted by atomic mass is 79.9. The third-order valence-corrected chi connectivity index (χ3v) is 2.76. The van der Waals surface area contributed by atoms with Gasteiger partial charge in [0, 0.05) is 5.33 Å². The molecule has 0 aliphatic carbocycles. The van der Waals surface area contributed by atoms with Gasteiger partial charge in [-0.05, 0) is 24.1 Å². The van der Waals surface area contributed by atoms with E-state index in [-0.39, 0.29) is 29.5 Å². The van der Waals surface area contributed by atoms with Crippen LogP contribution in [0.15, 0.2) is 6.07 Å². The van der Waals surface area contributed by atoms with Gasteiger partial charge in [-0.2, -0.15) is 4.39 Å². The molecule has 100 valence electrons. The Hall–Kier alpha value is -1.11. The number of hydrogen-bond donors (Lipinski definition) is 0. The number of carbonyl (C=O) groups is 1. The van der Waals surface area contributed by atoms with Gasteiger partial charge < -0.3 is 4.74 Å². The number of nitrogens with zero attached hydrogens (tertiary/aromatic N) is 1. The first-order valence-electron chi connectivity index (χ1n) is 5.17. The fourth-order valence-electron chi connectivity index (χ4n) is 1.47. The summed E-state index contributed by atoms with van der Waals surface area (Å²) in [6.45, 7) is 1.80. The van der Waals surface area contributed by atoms with Crippen molar-refractivity contribution < 1.29 is 22.7 Å². The third-order valence-electron chi connectivity index (χ3n) is 2.20. The van der Waals surface area contributed by atoms with Crippen LogP contribution in [0.4, 0.5) is 13.2 Å². The highest BCUT2D eigenvalue weighted by Crippen LogP contribution is 2.26. The number of alkyl halides is 3. The zero-order chi connectivity index (χ0) is 13.7. The van der Waals surface area contributed by atoms with Gasteiger partial charge in [0.05, 0.1) is 13.0 Å². The lowest BCUT2D eigenvalue weighted by atomic mass is 10.1. The molecule has 0 aromatic carbocycles. The zero-order valence-electron chi connectivity index (χ0n) is 9.55. The molecule has 1 heterocycles. The van der Waals surface area contributed by atoms with Crippen molar-refractivity contribution in [2.45, 2.75) is 25.1 Å². The van der Waals surface area contributed by atoms with Crippen LogP contribution in [0.5, 0.6) is 0 Å². The number of esters is 1. The third kappa shape index (κ3) is 3.69. The summed E-state index contributed by atoms with van der Waals surface area (Å²) in [5, 5.41) is 0.0642. The lowest BCUT2D eigenvalue weighted by Crippen LogP contribution is -2.12. The maximum Gasteiger partial charge on any atom is 0.310 e. The fraction of sp³-hybridized carbons (Fsp3) is 0.455. The summed E-state index contributed by atoms with van der Waals surface area (Å²) in [7, 11) is 0. The highest BCUT2D eigenvalue weighted by Gasteiger charge is 2.20. The molecule has 0 fully saturated rings. The Morgan fingerprint density at radius 2 is 2.22 bits per heavy atom. The minimum absolute atomic E-state index is 0.0642. The molecule has 1 rings (SSSR count). The maximum absolute atomic E-state index is 13.1. The van der Waals surface area contributed by atoms with Crippen molar-refractivity contribution in [2.24, 2.45) is 0 Å². The Labute approximate surface area is 110 Å². The second-order valence-corrected chi connectivity index (χ2v) is 3.94. The average Bonchev–Trinajstić information content (AvgIpc) is 2.28. The van der Waals surface area contributed by atoms with Crippen molar-refractivity contribution >= 4 is 21.9 Å². The highest BCUT2D eigenvalue weighted by molar-refractivity contribution is 9.08. The van der Waals surface area contributed by atoms with E-state index in [0.29, 0.717) is 0 Å². The van der Waals surface area contributed by atoms with Crippen LogP contribution < -0.4 is 0 Å². The number of rotatable bonds is 5. The van der Waals surface area contributed by atoms with Gasteiger partial charge in [0.25, 0.3) is 6.43 Å². The van der Waals surface area contributed by atoms with Crippen molar-refractivity contribution in [3.8, 4) is 0 Å². The summed E-state index contributed by atoms with van der Waals surface area (Å²) in [6, 6.07) is 0.972. The first-order chi connectivity index (χ1) is 8.49. The van der Waals surface area contributed by atoms with E-state index in [4.69, 9.17) is 4.74 Å². The van der Waals surface area contributed by atoms with Crippen molar-refractivity contribution in [3.05, 3.63) is 28.8 Å². The van der Waals surface area contributed by atoms with E-state index in [1.165, 1.54) is 0 Å². The quantitative estimate of drug-likeness (QED) is 0.474. The molecule has 1 aromatic rings.